The molecule has 1 heteroatoms. The first kappa shape index (κ1) is 5.86. The quantitative estimate of drug-likeness (QED) is 0.426. The van der Waals surface area contributed by atoms with E-state index >= 15 is 0 Å². The maximum absolute atomic E-state index is 2.51. The van der Waals surface area contributed by atoms with Crippen LogP contribution in [-0.4, -0.2) is 13.8 Å². The Kier molecular flexibility index (Phi) is 1.95. The normalized spacial score (nSPS) is 36.9. The van der Waals surface area contributed by atoms with Gasteiger partial charge >= 0.3 is 52.9 Å². The summed E-state index contributed by atoms with van der Waals surface area (Å²) < 4.78 is 3.26. The summed E-state index contributed by atoms with van der Waals surface area (Å²) in [6.45, 7) is 2.39. The van der Waals surface area contributed by atoms with E-state index < -0.39 is 0 Å². The van der Waals surface area contributed by atoms with Crippen LogP contribution in [0.2, 0.25) is 0 Å². The van der Waals surface area contributed by atoms with Crippen molar-refractivity contribution in [1.29, 1.82) is 0 Å². The summed E-state index contributed by atoms with van der Waals surface area (Å²) >= 11 is -0.252. The molecule has 0 spiro atoms. The van der Waals surface area contributed by atoms with Gasteiger partial charge in [0.25, 0.3) is 0 Å². The summed E-state index contributed by atoms with van der Waals surface area (Å²) in [6.07, 6.45) is 1.54. The summed E-state index contributed by atoms with van der Waals surface area (Å²) in [5.74, 6) is 1.09. The molecule has 44 valence electrons. The van der Waals surface area contributed by atoms with E-state index in [9.17, 15) is 0 Å². The number of hydrogen-bond acceptors (Lipinski definition) is 0. The first-order chi connectivity index (χ1) is 3.29. The van der Waals surface area contributed by atoms with Crippen LogP contribution in [-0.2, 0) is 0 Å². The average molecular weight is 212 g/mol. The van der Waals surface area contributed by atoms with Crippen molar-refractivity contribution in [2.45, 2.75) is 13.3 Å². The fourth-order valence-corrected chi connectivity index (χ4v) is 6.55. The van der Waals surface area contributed by atoms with Crippen LogP contribution >= 0.6 is 19.8 Å². The number of hydrogen-bond donors (Lipinski definition) is 0. The van der Waals surface area contributed by atoms with E-state index in [1.807, 2.05) is 0 Å². The second-order valence-corrected chi connectivity index (χ2v) is 8.55. The molecule has 1 aliphatic rings. The second kappa shape index (κ2) is 2.33. The number of halogens is 1. The van der Waals surface area contributed by atoms with Crippen molar-refractivity contribution in [2.24, 2.45) is 5.92 Å². The van der Waals surface area contributed by atoms with Gasteiger partial charge in [-0.2, -0.15) is 0 Å². The minimum atomic E-state index is -0.252. The fourth-order valence-electron chi connectivity index (χ4n) is 0.976. The Bertz CT molecular complexity index is 53.2. The molecule has 0 radical (unpaired) electrons. The van der Waals surface area contributed by atoms with Crippen LogP contribution in [0.5, 0.6) is 0 Å². The molecular formula is C6H13I. The Morgan fingerprint density at radius 2 is 2.29 bits per heavy atom. The topological polar surface area (TPSA) is 0 Å². The van der Waals surface area contributed by atoms with Crippen molar-refractivity contribution in [3.05, 3.63) is 0 Å². The molecule has 0 aliphatic carbocycles. The maximum atomic E-state index is 2.51. The van der Waals surface area contributed by atoms with E-state index in [0.29, 0.717) is 0 Å². The molecule has 1 atom stereocenters. The summed E-state index contributed by atoms with van der Waals surface area (Å²) in [6, 6.07) is 0. The third-order valence-corrected chi connectivity index (χ3v) is 6.92. The summed E-state index contributed by atoms with van der Waals surface area (Å²) in [4.78, 5) is 2.51. The van der Waals surface area contributed by atoms with Crippen molar-refractivity contribution < 1.29 is 0 Å². The molecule has 0 amide bonds. The van der Waals surface area contributed by atoms with Crippen molar-refractivity contribution in [1.82, 2.24) is 0 Å². The predicted molar refractivity (Wildman–Crippen MR) is 43.5 cm³/mol. The van der Waals surface area contributed by atoms with E-state index in [1.54, 1.807) is 15.3 Å². The molecule has 1 fully saturated rings. The van der Waals surface area contributed by atoms with Crippen LogP contribution in [0, 0.1) is 5.92 Å². The third kappa shape index (κ3) is 1.59. The van der Waals surface area contributed by atoms with Crippen LogP contribution in [0.25, 0.3) is 0 Å². The van der Waals surface area contributed by atoms with Crippen LogP contribution < -0.4 is 0 Å². The first-order valence-corrected chi connectivity index (χ1v) is 8.01. The van der Waals surface area contributed by atoms with E-state index in [2.05, 4.69) is 11.9 Å². The molecule has 1 unspecified atom stereocenters. The molecule has 7 heavy (non-hydrogen) atoms. The zero-order valence-electron chi connectivity index (χ0n) is 5.08. The number of rotatable bonds is 0. The molecule has 0 aromatic carbocycles. The van der Waals surface area contributed by atoms with E-state index in [-0.39, 0.29) is 19.8 Å². The van der Waals surface area contributed by atoms with Gasteiger partial charge in [0.05, 0.1) is 0 Å². The molecule has 0 aromatic rings. The molecule has 0 bridgehead atoms. The van der Waals surface area contributed by atoms with Crippen LogP contribution in [0.3, 0.4) is 0 Å². The van der Waals surface area contributed by atoms with Crippen LogP contribution in [0.15, 0.2) is 0 Å². The van der Waals surface area contributed by atoms with Crippen LogP contribution in [0.4, 0.5) is 0 Å². The van der Waals surface area contributed by atoms with Gasteiger partial charge in [0.15, 0.2) is 0 Å². The average Bonchev–Trinajstić information content (AvgIpc) is 1.87. The van der Waals surface area contributed by atoms with Crippen molar-refractivity contribution >= 4 is 19.8 Å². The predicted octanol–water partition coefficient (Wildman–Crippen LogP) is 2.16. The monoisotopic (exact) mass is 212 g/mol. The van der Waals surface area contributed by atoms with Gasteiger partial charge in [-0.1, -0.05) is 0 Å². The summed E-state index contributed by atoms with van der Waals surface area (Å²) in [7, 11) is 0. The van der Waals surface area contributed by atoms with Gasteiger partial charge in [-0.25, -0.2) is 0 Å². The standard InChI is InChI=1S/C6H13I/c1-6-3-4-7(2)5-6/h6H,3-5H2,1-2H3. The minimum absolute atomic E-state index is 0.252. The zero-order chi connectivity index (χ0) is 5.28. The molecule has 0 saturated carbocycles. The zero-order valence-corrected chi connectivity index (χ0v) is 7.23. The Morgan fingerprint density at radius 3 is 2.43 bits per heavy atom. The Balaban J connectivity index is 2.26. The number of alkyl halides is 3. The molecule has 1 heterocycles. The van der Waals surface area contributed by atoms with E-state index in [4.69, 9.17) is 0 Å². The molecule has 1 aliphatic heterocycles. The summed E-state index contributed by atoms with van der Waals surface area (Å²) in [5.41, 5.74) is 0. The van der Waals surface area contributed by atoms with Crippen molar-refractivity contribution in [2.75, 3.05) is 13.8 Å². The van der Waals surface area contributed by atoms with Crippen molar-refractivity contribution in [3.63, 3.8) is 0 Å². The van der Waals surface area contributed by atoms with Gasteiger partial charge in [-0.05, 0) is 0 Å². The molecule has 0 nitrogen and oxygen atoms in total. The van der Waals surface area contributed by atoms with Gasteiger partial charge in [-0.3, -0.25) is 0 Å². The Morgan fingerprint density at radius 1 is 1.57 bits per heavy atom. The van der Waals surface area contributed by atoms with Crippen molar-refractivity contribution in [3.8, 4) is 0 Å². The van der Waals surface area contributed by atoms with Gasteiger partial charge in [0, 0.05) is 0 Å². The SMILES string of the molecule is CC1CCI(C)C1. The summed E-state index contributed by atoms with van der Waals surface area (Å²) in [5, 5.41) is 0. The van der Waals surface area contributed by atoms with Gasteiger partial charge < -0.3 is 0 Å². The third-order valence-electron chi connectivity index (χ3n) is 1.45. The Hall–Kier alpha value is 0.730. The van der Waals surface area contributed by atoms with Gasteiger partial charge in [-0.15, -0.1) is 0 Å². The molecule has 0 N–H and O–H groups in total. The molecule has 0 aromatic heterocycles. The van der Waals surface area contributed by atoms with Gasteiger partial charge in [0.1, 0.15) is 0 Å². The fraction of sp³-hybridized carbons (Fsp3) is 1.00. The van der Waals surface area contributed by atoms with Crippen LogP contribution in [0.1, 0.15) is 13.3 Å². The second-order valence-electron chi connectivity index (χ2n) is 2.46. The van der Waals surface area contributed by atoms with Gasteiger partial charge in [0.2, 0.25) is 0 Å². The molecular weight excluding hydrogens is 199 g/mol. The molecule has 1 rings (SSSR count). The van der Waals surface area contributed by atoms with E-state index in [1.165, 1.54) is 0 Å². The molecule has 1 saturated heterocycles. The van der Waals surface area contributed by atoms with E-state index in [0.717, 1.165) is 5.92 Å². The Labute approximate surface area is 53.1 Å². The first-order valence-electron chi connectivity index (χ1n) is 2.81.